The second-order valence-corrected chi connectivity index (χ2v) is 17.5. The van der Waals surface area contributed by atoms with Crippen LogP contribution in [0.15, 0.2) is 48.5 Å². The summed E-state index contributed by atoms with van der Waals surface area (Å²) in [7, 11) is -1.71. The third-order valence-electron chi connectivity index (χ3n) is 9.92. The first-order chi connectivity index (χ1) is 22.9. The van der Waals surface area contributed by atoms with Crippen LogP contribution >= 0.6 is 0 Å². The van der Waals surface area contributed by atoms with Crippen molar-refractivity contribution in [2.24, 2.45) is 5.92 Å². The number of rotatable bonds is 13. The standard InChI is InChI=1S/C35H48N4O8Si/c1-24-33(48(3,4)45)29(21-30(41)37(18-19-40)23-25-10-6-5-7-11-25)47-35(24)27-20-26(38-17-15-36-22-31(38)42)13-14-28(27)39(34(35)44)16-9-8-12-32(43)46-2/h5-7,10-11,13-14,20,24,29,33,36,40,45H,8-9,12,15-19,21-23H2,1-4H3/t24-,29+,33-,35+/m1/s1. The van der Waals surface area contributed by atoms with E-state index in [9.17, 15) is 29.1 Å². The van der Waals surface area contributed by atoms with Crippen LogP contribution in [0.5, 0.6) is 0 Å². The van der Waals surface area contributed by atoms with Crippen LogP contribution in [0.2, 0.25) is 18.6 Å². The second-order valence-electron chi connectivity index (χ2n) is 13.5. The third-order valence-corrected chi connectivity index (χ3v) is 12.4. The molecule has 2 fully saturated rings. The molecule has 5 rings (SSSR count). The molecule has 0 unspecified atom stereocenters. The topological polar surface area (TPSA) is 149 Å². The van der Waals surface area contributed by atoms with Gasteiger partial charge in [-0.25, -0.2) is 0 Å². The van der Waals surface area contributed by atoms with Gasteiger partial charge in [-0.1, -0.05) is 37.3 Å². The largest absolute Gasteiger partial charge is 0.469 e. The first-order valence-corrected chi connectivity index (χ1v) is 19.8. The number of aliphatic hydroxyl groups is 1. The number of hydrogen-bond donors (Lipinski definition) is 3. The Balaban J connectivity index is 1.51. The third kappa shape index (κ3) is 7.06. The maximum absolute atomic E-state index is 14.7. The number of fused-ring (bicyclic) bond motifs is 2. The minimum Gasteiger partial charge on any atom is -0.469 e. The first kappa shape index (κ1) is 35.7. The first-order valence-electron chi connectivity index (χ1n) is 16.8. The van der Waals surface area contributed by atoms with Crippen LogP contribution in [0.4, 0.5) is 11.4 Å². The molecule has 3 N–H and O–H groups in total. The van der Waals surface area contributed by atoms with Crippen LogP contribution in [0.3, 0.4) is 0 Å². The number of hydrogen-bond acceptors (Lipinski definition) is 9. The minimum absolute atomic E-state index is 0.0711. The fourth-order valence-electron chi connectivity index (χ4n) is 7.69. The fourth-order valence-corrected chi connectivity index (χ4v) is 10.2. The lowest BCUT2D eigenvalue weighted by atomic mass is 9.82. The van der Waals surface area contributed by atoms with Crippen molar-refractivity contribution in [1.29, 1.82) is 0 Å². The number of unbranched alkanes of at least 4 members (excludes halogenated alkanes) is 1. The highest BCUT2D eigenvalue weighted by molar-refractivity contribution is 6.71. The molecule has 3 amide bonds. The molecular formula is C35H48N4O8Si. The van der Waals surface area contributed by atoms with Gasteiger partial charge in [-0.15, -0.1) is 0 Å². The van der Waals surface area contributed by atoms with Gasteiger partial charge >= 0.3 is 5.97 Å². The number of esters is 1. The predicted molar refractivity (Wildman–Crippen MR) is 183 cm³/mol. The highest BCUT2D eigenvalue weighted by Gasteiger charge is 2.66. The zero-order valence-corrected chi connectivity index (χ0v) is 29.3. The average Bonchev–Trinajstić information content (AvgIpc) is 3.49. The number of nitrogens with one attached hydrogen (secondary N) is 1. The summed E-state index contributed by atoms with van der Waals surface area (Å²) in [5, 5.41) is 12.9. The Kier molecular flexibility index (Phi) is 11.1. The summed E-state index contributed by atoms with van der Waals surface area (Å²) >= 11 is 0. The number of methoxy groups -OCH3 is 1. The molecule has 2 saturated heterocycles. The molecule has 260 valence electrons. The van der Waals surface area contributed by atoms with Gasteiger partial charge in [0.25, 0.3) is 5.91 Å². The lowest BCUT2D eigenvalue weighted by molar-refractivity contribution is -0.150. The van der Waals surface area contributed by atoms with Crippen LogP contribution < -0.4 is 15.1 Å². The summed E-state index contributed by atoms with van der Waals surface area (Å²) in [6.45, 7) is 7.43. The minimum atomic E-state index is -3.06. The Hall–Kier alpha value is -3.62. The lowest BCUT2D eigenvalue weighted by Gasteiger charge is -2.33. The van der Waals surface area contributed by atoms with Crippen LogP contribution in [0.1, 0.15) is 43.7 Å². The van der Waals surface area contributed by atoms with Crippen LogP contribution in [-0.2, 0) is 40.8 Å². The number of anilines is 2. The molecule has 0 aliphatic carbocycles. The number of carbonyl (C=O) groups is 4. The molecule has 12 nitrogen and oxygen atoms in total. The molecule has 2 aromatic rings. The molecule has 2 aromatic carbocycles. The highest BCUT2D eigenvalue weighted by Crippen LogP contribution is 2.60. The van der Waals surface area contributed by atoms with E-state index in [4.69, 9.17) is 9.47 Å². The van der Waals surface area contributed by atoms with Crippen molar-refractivity contribution in [3.8, 4) is 0 Å². The molecule has 48 heavy (non-hydrogen) atoms. The molecule has 4 atom stereocenters. The van der Waals surface area contributed by atoms with Gasteiger partial charge in [-0.05, 0) is 49.7 Å². The van der Waals surface area contributed by atoms with Gasteiger partial charge in [0.15, 0.2) is 13.9 Å². The van der Waals surface area contributed by atoms with Crippen molar-refractivity contribution in [1.82, 2.24) is 10.2 Å². The number of amides is 3. The molecule has 3 heterocycles. The molecule has 0 radical (unpaired) electrons. The fraction of sp³-hybridized carbons (Fsp3) is 0.543. The number of ether oxygens (including phenoxy) is 2. The summed E-state index contributed by atoms with van der Waals surface area (Å²) in [5.74, 6) is -1.40. The Labute approximate surface area is 283 Å². The van der Waals surface area contributed by atoms with E-state index in [1.54, 1.807) is 14.7 Å². The predicted octanol–water partition coefficient (Wildman–Crippen LogP) is 2.52. The zero-order chi connectivity index (χ0) is 34.6. The van der Waals surface area contributed by atoms with Crippen molar-refractivity contribution < 1.29 is 38.6 Å². The maximum atomic E-state index is 14.7. The summed E-state index contributed by atoms with van der Waals surface area (Å²) in [5.41, 5.74) is 0.882. The monoisotopic (exact) mass is 680 g/mol. The van der Waals surface area contributed by atoms with Crippen molar-refractivity contribution in [3.63, 3.8) is 0 Å². The summed E-state index contributed by atoms with van der Waals surface area (Å²) in [6, 6.07) is 15.1. The van der Waals surface area contributed by atoms with Gasteiger partial charge in [0.2, 0.25) is 11.8 Å². The van der Waals surface area contributed by atoms with E-state index < -0.39 is 31.5 Å². The Bertz CT molecular complexity index is 1500. The van der Waals surface area contributed by atoms with E-state index in [0.29, 0.717) is 56.0 Å². The van der Waals surface area contributed by atoms with Crippen LogP contribution in [0.25, 0.3) is 0 Å². The molecule has 13 heteroatoms. The van der Waals surface area contributed by atoms with Gasteiger partial charge in [0.05, 0.1) is 38.5 Å². The number of nitrogens with zero attached hydrogens (tertiary/aromatic N) is 3. The molecule has 3 aliphatic rings. The smallest absolute Gasteiger partial charge is 0.305 e. The quantitative estimate of drug-likeness (QED) is 0.165. The molecule has 1 spiro atoms. The summed E-state index contributed by atoms with van der Waals surface area (Å²) in [4.78, 5) is 70.0. The second kappa shape index (κ2) is 14.9. The highest BCUT2D eigenvalue weighted by atomic mass is 28.4. The average molecular weight is 681 g/mol. The van der Waals surface area contributed by atoms with E-state index in [1.165, 1.54) is 7.11 Å². The van der Waals surface area contributed by atoms with Gasteiger partial charge < -0.3 is 39.4 Å². The molecule has 0 saturated carbocycles. The van der Waals surface area contributed by atoms with E-state index >= 15 is 0 Å². The number of carbonyl (C=O) groups excluding carboxylic acids is 4. The van der Waals surface area contributed by atoms with E-state index in [0.717, 1.165) is 5.56 Å². The van der Waals surface area contributed by atoms with Crippen molar-refractivity contribution >= 4 is 43.4 Å². The summed E-state index contributed by atoms with van der Waals surface area (Å²) in [6.07, 6.45) is 0.470. The summed E-state index contributed by atoms with van der Waals surface area (Å²) < 4.78 is 11.7. The van der Waals surface area contributed by atoms with Crippen molar-refractivity contribution in [2.45, 2.75) is 69.5 Å². The Morgan fingerprint density at radius 3 is 2.56 bits per heavy atom. The van der Waals surface area contributed by atoms with Gasteiger partial charge in [-0.3, -0.25) is 19.2 Å². The SMILES string of the molecule is COC(=O)CCCCN1C(=O)[C@@]2(O[C@@H](CC(=O)N(CCO)Cc3ccccc3)[C@H]([Si](C)(C)O)[C@H]2C)c2cc(N3CCNCC3=O)ccc21. The zero-order valence-electron chi connectivity index (χ0n) is 28.3. The van der Waals surface area contributed by atoms with Crippen LogP contribution in [0, 0.1) is 5.92 Å². The van der Waals surface area contributed by atoms with Crippen LogP contribution in [-0.4, -0.2) is 99.4 Å². The molecule has 0 bridgehead atoms. The van der Waals surface area contributed by atoms with E-state index in [1.807, 2.05) is 68.5 Å². The molecular weight excluding hydrogens is 632 g/mol. The van der Waals surface area contributed by atoms with Gasteiger partial charge in [-0.2, -0.15) is 0 Å². The van der Waals surface area contributed by atoms with Gasteiger partial charge in [0.1, 0.15) is 0 Å². The number of piperazine rings is 1. The van der Waals surface area contributed by atoms with Gasteiger partial charge in [0, 0.05) is 61.9 Å². The van der Waals surface area contributed by atoms with E-state index in [-0.39, 0.29) is 56.2 Å². The molecule has 0 aromatic heterocycles. The number of aliphatic hydroxyl groups excluding tert-OH is 1. The Morgan fingerprint density at radius 2 is 1.90 bits per heavy atom. The van der Waals surface area contributed by atoms with Crippen molar-refractivity contribution in [2.75, 3.05) is 56.2 Å². The van der Waals surface area contributed by atoms with Crippen molar-refractivity contribution in [3.05, 3.63) is 59.7 Å². The lowest BCUT2D eigenvalue weighted by Crippen LogP contribution is -2.48. The Morgan fingerprint density at radius 1 is 1.15 bits per heavy atom. The van der Waals surface area contributed by atoms with E-state index in [2.05, 4.69) is 5.32 Å². The number of benzene rings is 2. The maximum Gasteiger partial charge on any atom is 0.305 e. The molecule has 3 aliphatic heterocycles. The normalized spacial score (nSPS) is 23.9.